The monoisotopic (exact) mass is 244 g/mol. The molecule has 1 aliphatic rings. The summed E-state index contributed by atoms with van der Waals surface area (Å²) in [6.07, 6.45) is 7.47. The van der Waals surface area contributed by atoms with E-state index < -0.39 is 0 Å². The number of thiophene rings is 1. The Labute approximate surface area is 103 Å². The zero-order valence-electron chi connectivity index (χ0n) is 9.51. The van der Waals surface area contributed by atoms with Crippen LogP contribution in [0.15, 0.2) is 29.4 Å². The van der Waals surface area contributed by atoms with Crippen LogP contribution in [0.1, 0.15) is 27.2 Å². The molecule has 0 aliphatic heterocycles. The Balaban J connectivity index is 1.97. The van der Waals surface area contributed by atoms with Gasteiger partial charge in [0, 0.05) is 34.8 Å². The van der Waals surface area contributed by atoms with E-state index >= 15 is 0 Å². The van der Waals surface area contributed by atoms with E-state index in [-0.39, 0.29) is 5.78 Å². The second kappa shape index (κ2) is 3.96. The van der Waals surface area contributed by atoms with Crippen molar-refractivity contribution in [3.05, 3.63) is 45.4 Å². The number of aryl methyl sites for hydroxylation is 2. The van der Waals surface area contributed by atoms with Gasteiger partial charge in [-0.1, -0.05) is 0 Å². The van der Waals surface area contributed by atoms with Crippen LogP contribution in [0, 0.1) is 0 Å². The van der Waals surface area contributed by atoms with E-state index in [0.29, 0.717) is 0 Å². The zero-order valence-corrected chi connectivity index (χ0v) is 10.3. The molecule has 4 heteroatoms. The maximum Gasteiger partial charge on any atom is 0.190 e. The predicted octanol–water partition coefficient (Wildman–Crippen LogP) is 2.69. The molecular weight excluding hydrogens is 232 g/mol. The molecule has 0 N–H and O–H groups in total. The SMILES string of the molecule is Cn1cc(/C=C2\CCc3sccc3C2=O)cn1. The summed E-state index contributed by atoms with van der Waals surface area (Å²) in [7, 11) is 1.88. The topological polar surface area (TPSA) is 34.9 Å². The van der Waals surface area contributed by atoms with Crippen LogP contribution in [0.4, 0.5) is 0 Å². The molecule has 0 aromatic carbocycles. The molecule has 0 fully saturated rings. The van der Waals surface area contributed by atoms with Gasteiger partial charge in [0.15, 0.2) is 5.78 Å². The molecule has 0 saturated heterocycles. The van der Waals surface area contributed by atoms with Crippen LogP contribution in [0.2, 0.25) is 0 Å². The van der Waals surface area contributed by atoms with E-state index in [1.54, 1.807) is 22.2 Å². The van der Waals surface area contributed by atoms with Gasteiger partial charge < -0.3 is 0 Å². The Morgan fingerprint density at radius 1 is 1.47 bits per heavy atom. The number of hydrogen-bond donors (Lipinski definition) is 0. The van der Waals surface area contributed by atoms with Gasteiger partial charge in [0.2, 0.25) is 0 Å². The normalized spacial score (nSPS) is 17.5. The molecule has 0 radical (unpaired) electrons. The van der Waals surface area contributed by atoms with Crippen LogP contribution >= 0.6 is 11.3 Å². The summed E-state index contributed by atoms with van der Waals surface area (Å²) in [5.41, 5.74) is 2.77. The lowest BCUT2D eigenvalue weighted by Crippen LogP contribution is -2.11. The van der Waals surface area contributed by atoms with Crippen molar-refractivity contribution < 1.29 is 4.79 Å². The molecule has 2 heterocycles. The number of hydrogen-bond acceptors (Lipinski definition) is 3. The van der Waals surface area contributed by atoms with E-state index in [2.05, 4.69) is 5.10 Å². The summed E-state index contributed by atoms with van der Waals surface area (Å²) in [5, 5.41) is 6.10. The van der Waals surface area contributed by atoms with Gasteiger partial charge in [0.1, 0.15) is 0 Å². The Morgan fingerprint density at radius 2 is 2.35 bits per heavy atom. The zero-order chi connectivity index (χ0) is 11.8. The molecule has 1 aliphatic carbocycles. The van der Waals surface area contributed by atoms with Crippen molar-refractivity contribution in [2.45, 2.75) is 12.8 Å². The van der Waals surface area contributed by atoms with Crippen molar-refractivity contribution in [1.82, 2.24) is 9.78 Å². The minimum Gasteiger partial charge on any atom is -0.289 e. The maximum atomic E-state index is 12.2. The van der Waals surface area contributed by atoms with Gasteiger partial charge in [-0.05, 0) is 30.4 Å². The number of aromatic nitrogens is 2. The average Bonchev–Trinajstić information content (AvgIpc) is 2.92. The molecule has 2 aromatic rings. The highest BCUT2D eigenvalue weighted by Crippen LogP contribution is 2.29. The second-order valence-electron chi connectivity index (χ2n) is 4.20. The summed E-state index contributed by atoms with van der Waals surface area (Å²) in [4.78, 5) is 13.4. The summed E-state index contributed by atoms with van der Waals surface area (Å²) in [6, 6.07) is 1.93. The molecule has 3 nitrogen and oxygen atoms in total. The first-order valence-corrected chi connectivity index (χ1v) is 6.42. The third kappa shape index (κ3) is 1.85. The van der Waals surface area contributed by atoms with Gasteiger partial charge in [-0.3, -0.25) is 9.48 Å². The first-order chi connectivity index (χ1) is 8.24. The molecule has 2 aromatic heterocycles. The van der Waals surface area contributed by atoms with Crippen LogP contribution in [0.25, 0.3) is 6.08 Å². The second-order valence-corrected chi connectivity index (χ2v) is 5.20. The lowest BCUT2D eigenvalue weighted by Gasteiger charge is -2.12. The number of nitrogens with zero attached hydrogens (tertiary/aromatic N) is 2. The number of ketones is 1. The van der Waals surface area contributed by atoms with E-state index in [0.717, 1.165) is 29.5 Å². The summed E-state index contributed by atoms with van der Waals surface area (Å²) in [6.45, 7) is 0. The number of carbonyl (C=O) groups is 1. The van der Waals surface area contributed by atoms with Crippen LogP contribution in [-0.4, -0.2) is 15.6 Å². The number of fused-ring (bicyclic) bond motifs is 1. The molecule has 17 heavy (non-hydrogen) atoms. The third-order valence-corrected chi connectivity index (χ3v) is 3.95. The van der Waals surface area contributed by atoms with E-state index in [4.69, 9.17) is 0 Å². The minimum atomic E-state index is 0.177. The van der Waals surface area contributed by atoms with Gasteiger partial charge in [-0.15, -0.1) is 11.3 Å². The number of allylic oxidation sites excluding steroid dienone is 1. The molecule has 0 amide bonds. The highest BCUT2D eigenvalue weighted by Gasteiger charge is 2.22. The molecule has 0 bridgehead atoms. The highest BCUT2D eigenvalue weighted by atomic mass is 32.1. The van der Waals surface area contributed by atoms with E-state index in [1.165, 1.54) is 4.88 Å². The quantitative estimate of drug-likeness (QED) is 0.723. The van der Waals surface area contributed by atoms with Crippen LogP contribution < -0.4 is 0 Å². The molecule has 0 saturated carbocycles. The van der Waals surface area contributed by atoms with Gasteiger partial charge in [-0.2, -0.15) is 5.10 Å². The predicted molar refractivity (Wildman–Crippen MR) is 68.2 cm³/mol. The number of rotatable bonds is 1. The fourth-order valence-corrected chi connectivity index (χ4v) is 3.00. The van der Waals surface area contributed by atoms with Gasteiger partial charge in [0.05, 0.1) is 6.20 Å². The molecule has 3 rings (SSSR count). The van der Waals surface area contributed by atoms with Crippen molar-refractivity contribution in [2.24, 2.45) is 7.05 Å². The average molecular weight is 244 g/mol. The number of Topliss-reactive ketones (excluding diaryl/α,β-unsaturated/α-hetero) is 1. The van der Waals surface area contributed by atoms with Crippen molar-refractivity contribution >= 4 is 23.2 Å². The van der Waals surface area contributed by atoms with E-state index in [9.17, 15) is 4.79 Å². The summed E-state index contributed by atoms with van der Waals surface area (Å²) < 4.78 is 1.75. The Hall–Kier alpha value is -1.68. The van der Waals surface area contributed by atoms with E-state index in [1.807, 2.05) is 30.8 Å². The van der Waals surface area contributed by atoms with Gasteiger partial charge in [-0.25, -0.2) is 0 Å². The Kier molecular flexibility index (Phi) is 2.44. The summed E-state index contributed by atoms with van der Waals surface area (Å²) >= 11 is 1.68. The standard InChI is InChI=1S/C13H12N2OS/c1-15-8-9(7-14-15)6-10-2-3-12-11(13(10)16)4-5-17-12/h4-8H,2-3H2,1H3/b10-6+. The minimum absolute atomic E-state index is 0.177. The lowest BCUT2D eigenvalue weighted by atomic mass is 9.91. The highest BCUT2D eigenvalue weighted by molar-refractivity contribution is 7.10. The van der Waals surface area contributed by atoms with Crippen LogP contribution in [0.5, 0.6) is 0 Å². The van der Waals surface area contributed by atoms with Crippen molar-refractivity contribution in [2.75, 3.05) is 0 Å². The first-order valence-electron chi connectivity index (χ1n) is 5.54. The molecule has 86 valence electrons. The van der Waals surface area contributed by atoms with Crippen LogP contribution in [-0.2, 0) is 13.5 Å². The maximum absolute atomic E-state index is 12.2. The molecule has 0 atom stereocenters. The van der Waals surface area contributed by atoms with Crippen LogP contribution in [0.3, 0.4) is 0 Å². The lowest BCUT2D eigenvalue weighted by molar-refractivity contribution is 0.102. The number of carbonyl (C=O) groups excluding carboxylic acids is 1. The molecule has 0 unspecified atom stereocenters. The fourth-order valence-electron chi connectivity index (χ4n) is 2.12. The summed E-state index contributed by atoms with van der Waals surface area (Å²) in [5.74, 6) is 0.177. The van der Waals surface area contributed by atoms with Crippen molar-refractivity contribution in [3.8, 4) is 0 Å². The largest absolute Gasteiger partial charge is 0.289 e. The third-order valence-electron chi connectivity index (χ3n) is 2.97. The fraction of sp³-hybridized carbons (Fsp3) is 0.231. The van der Waals surface area contributed by atoms with Crippen molar-refractivity contribution in [3.63, 3.8) is 0 Å². The molecule has 0 spiro atoms. The van der Waals surface area contributed by atoms with Crippen molar-refractivity contribution in [1.29, 1.82) is 0 Å². The van der Waals surface area contributed by atoms with Gasteiger partial charge >= 0.3 is 0 Å². The molecular formula is C13H12N2OS. The smallest absolute Gasteiger partial charge is 0.190 e. The van der Waals surface area contributed by atoms with Gasteiger partial charge in [0.25, 0.3) is 0 Å². The first kappa shape index (κ1) is 10.5. The Morgan fingerprint density at radius 3 is 3.12 bits per heavy atom. The Bertz CT molecular complexity index is 606.